The van der Waals surface area contributed by atoms with Gasteiger partial charge >= 0.3 is 0 Å². The van der Waals surface area contributed by atoms with Gasteiger partial charge in [0.15, 0.2) is 0 Å². The van der Waals surface area contributed by atoms with Crippen molar-refractivity contribution in [2.45, 2.75) is 128 Å². The highest BCUT2D eigenvalue weighted by Gasteiger charge is 2.29. The Kier molecular flexibility index (Phi) is 17.9. The van der Waals surface area contributed by atoms with Crippen molar-refractivity contribution in [2.24, 2.45) is 9.98 Å². The fourth-order valence-corrected chi connectivity index (χ4v) is 8.48. The third-order valence-electron chi connectivity index (χ3n) is 10.0. The molecule has 0 heterocycles. The van der Waals surface area contributed by atoms with Crippen LogP contribution in [0, 0.1) is 13.8 Å². The summed E-state index contributed by atoms with van der Waals surface area (Å²) in [6.07, 6.45) is 17.4. The summed E-state index contributed by atoms with van der Waals surface area (Å²) in [5.74, 6) is 0.665. The predicted octanol–water partition coefficient (Wildman–Crippen LogP) is 11.9. The van der Waals surface area contributed by atoms with E-state index in [4.69, 9.17) is 9.98 Å². The molecule has 1 aliphatic carbocycles. The smallest absolute Gasteiger partial charge is 0.127 e. The van der Waals surface area contributed by atoms with Gasteiger partial charge in [-0.1, -0.05) is 129 Å². The lowest BCUT2D eigenvalue weighted by atomic mass is 9.74. The molecule has 0 saturated heterocycles. The Morgan fingerprint density at radius 2 is 0.957 bits per heavy atom. The number of phenolic OH excluding ortho intramolecular Hbond substituents is 2. The minimum absolute atomic E-state index is 0.0572. The highest BCUT2D eigenvalue weighted by molar-refractivity contribution is 14.1. The van der Waals surface area contributed by atoms with Gasteiger partial charge in [0.25, 0.3) is 0 Å². The molecular formula is C38H54I4N2O2. The predicted molar refractivity (Wildman–Crippen MR) is 234 cm³/mol. The van der Waals surface area contributed by atoms with Crippen molar-refractivity contribution in [3.63, 3.8) is 0 Å². The molecule has 1 saturated carbocycles. The number of nitrogens with zero attached hydrogens (tertiary/aromatic N) is 2. The van der Waals surface area contributed by atoms with E-state index in [0.717, 1.165) is 91.3 Å². The standard InChI is InChI=1S/C38H54I4N2O2/c1-27-21-31(37(3,13-7-17-39)14-8-18-40)23-29(35(27)45)25-43-33-11-5-6-12-34(33)44-26-30-24-32(22-28(2)36(30)46)38(4,15-9-19-41)16-10-20-42/h21-26,33-34,45-46H,5-20H2,1-4H3/t33-,34-/m0/s1. The third-order valence-corrected chi connectivity index (χ3v) is 13.1. The van der Waals surface area contributed by atoms with Crippen molar-refractivity contribution < 1.29 is 10.2 Å². The maximum Gasteiger partial charge on any atom is 0.127 e. The quantitative estimate of drug-likeness (QED) is 0.0888. The molecule has 2 aromatic rings. The van der Waals surface area contributed by atoms with Crippen molar-refractivity contribution in [2.75, 3.05) is 17.7 Å². The van der Waals surface area contributed by atoms with E-state index in [9.17, 15) is 10.2 Å². The summed E-state index contributed by atoms with van der Waals surface area (Å²) in [4.78, 5) is 10.2. The van der Waals surface area contributed by atoms with Gasteiger partial charge in [-0.2, -0.15) is 0 Å². The van der Waals surface area contributed by atoms with E-state index in [1.165, 1.54) is 36.8 Å². The Balaban J connectivity index is 1.91. The molecule has 1 aliphatic rings. The second kappa shape index (κ2) is 20.2. The summed E-state index contributed by atoms with van der Waals surface area (Å²) in [6, 6.07) is 8.87. The van der Waals surface area contributed by atoms with Gasteiger partial charge in [0.1, 0.15) is 11.5 Å². The van der Waals surface area contributed by atoms with Crippen molar-refractivity contribution >= 4 is 103 Å². The first-order valence-corrected chi connectivity index (χ1v) is 23.1. The summed E-state index contributed by atoms with van der Waals surface area (Å²) >= 11 is 9.93. The zero-order valence-corrected chi connectivity index (χ0v) is 36.9. The molecule has 3 rings (SSSR count). The van der Waals surface area contributed by atoms with Crippen LogP contribution in [0.1, 0.15) is 124 Å². The number of phenols is 2. The minimum atomic E-state index is 0.0572. The molecule has 2 atom stereocenters. The SMILES string of the molecule is Cc1cc(C(C)(CCCI)CCCI)cc(C=N[C@H]2CCCC[C@@H]2N=Cc2cc(C(C)(CCCI)CCCI)cc(C)c2O)c1O. The normalized spacial score (nSPS) is 17.8. The minimum Gasteiger partial charge on any atom is -0.507 e. The van der Waals surface area contributed by atoms with Crippen LogP contribution >= 0.6 is 90.4 Å². The van der Waals surface area contributed by atoms with Gasteiger partial charge in [-0.05, 0) is 141 Å². The second-order valence-corrected chi connectivity index (χ2v) is 18.0. The van der Waals surface area contributed by atoms with E-state index in [1.54, 1.807) is 0 Å². The van der Waals surface area contributed by atoms with Crippen molar-refractivity contribution in [3.05, 3.63) is 57.6 Å². The molecular weight excluding hydrogens is 1020 g/mol. The largest absolute Gasteiger partial charge is 0.507 e. The van der Waals surface area contributed by atoms with Crippen molar-refractivity contribution in [1.82, 2.24) is 0 Å². The lowest BCUT2D eigenvalue weighted by Crippen LogP contribution is -2.27. The average molecular weight is 1080 g/mol. The van der Waals surface area contributed by atoms with Crippen LogP contribution < -0.4 is 0 Å². The van der Waals surface area contributed by atoms with Crippen LogP contribution in [0.4, 0.5) is 0 Å². The topological polar surface area (TPSA) is 65.2 Å². The lowest BCUT2D eigenvalue weighted by Gasteiger charge is -2.31. The van der Waals surface area contributed by atoms with Gasteiger partial charge in [-0.25, -0.2) is 0 Å². The number of halogens is 4. The Morgan fingerprint density at radius 3 is 1.26 bits per heavy atom. The van der Waals surface area contributed by atoms with Crippen LogP contribution in [-0.4, -0.2) is 52.4 Å². The molecule has 0 amide bonds. The van der Waals surface area contributed by atoms with E-state index in [2.05, 4.69) is 128 Å². The van der Waals surface area contributed by atoms with Gasteiger partial charge in [0.05, 0.1) is 12.1 Å². The summed E-state index contributed by atoms with van der Waals surface area (Å²) in [7, 11) is 0. The van der Waals surface area contributed by atoms with E-state index in [-0.39, 0.29) is 22.9 Å². The molecule has 2 N–H and O–H groups in total. The number of hydrogen-bond acceptors (Lipinski definition) is 4. The first-order chi connectivity index (χ1) is 22.0. The maximum absolute atomic E-state index is 11.1. The molecule has 256 valence electrons. The zero-order valence-electron chi connectivity index (χ0n) is 28.2. The summed E-state index contributed by atoms with van der Waals surface area (Å²) in [5, 5.41) is 22.2. The van der Waals surface area contributed by atoms with Crippen LogP contribution in [0.25, 0.3) is 0 Å². The molecule has 0 unspecified atom stereocenters. The fourth-order valence-electron chi connectivity index (χ4n) is 6.95. The second-order valence-electron chi connectivity index (χ2n) is 13.7. The molecule has 2 aromatic carbocycles. The number of benzene rings is 2. The molecule has 0 radical (unpaired) electrons. The first kappa shape index (κ1) is 40.7. The molecule has 46 heavy (non-hydrogen) atoms. The van der Waals surface area contributed by atoms with Crippen LogP contribution in [-0.2, 0) is 10.8 Å². The van der Waals surface area contributed by atoms with E-state index >= 15 is 0 Å². The molecule has 4 nitrogen and oxygen atoms in total. The van der Waals surface area contributed by atoms with Gasteiger partial charge in [-0.3, -0.25) is 9.98 Å². The first-order valence-electron chi connectivity index (χ1n) is 17.0. The number of aromatic hydroxyl groups is 2. The maximum atomic E-state index is 11.1. The molecule has 8 heteroatoms. The number of alkyl halides is 4. The monoisotopic (exact) mass is 1080 g/mol. The Morgan fingerprint density at radius 1 is 0.630 bits per heavy atom. The average Bonchev–Trinajstić information content (AvgIpc) is 3.05. The third kappa shape index (κ3) is 11.4. The van der Waals surface area contributed by atoms with E-state index in [1.807, 2.05) is 26.3 Å². The molecule has 1 fully saturated rings. The molecule has 0 aromatic heterocycles. The van der Waals surface area contributed by atoms with E-state index in [0.29, 0.717) is 11.5 Å². The van der Waals surface area contributed by atoms with Crippen molar-refractivity contribution in [3.8, 4) is 11.5 Å². The Bertz CT molecular complexity index is 1200. The van der Waals surface area contributed by atoms with Crippen molar-refractivity contribution in [1.29, 1.82) is 0 Å². The van der Waals surface area contributed by atoms with Gasteiger partial charge in [-0.15, -0.1) is 0 Å². The van der Waals surface area contributed by atoms with Crippen LogP contribution in [0.15, 0.2) is 34.3 Å². The van der Waals surface area contributed by atoms with Crippen LogP contribution in [0.2, 0.25) is 0 Å². The van der Waals surface area contributed by atoms with Gasteiger partial charge < -0.3 is 10.2 Å². The zero-order chi connectivity index (χ0) is 33.7. The Labute approximate surface area is 333 Å². The number of aliphatic imine (C=N–C) groups is 2. The lowest BCUT2D eigenvalue weighted by molar-refractivity contribution is 0.389. The summed E-state index contributed by atoms with van der Waals surface area (Å²) < 4.78 is 4.63. The highest BCUT2D eigenvalue weighted by Crippen LogP contribution is 2.39. The Hall–Kier alpha value is 0.300. The van der Waals surface area contributed by atoms with Crippen LogP contribution in [0.5, 0.6) is 11.5 Å². The van der Waals surface area contributed by atoms with E-state index < -0.39 is 0 Å². The molecule has 0 bridgehead atoms. The molecule has 0 spiro atoms. The number of aryl methyl sites for hydroxylation is 2. The molecule has 0 aliphatic heterocycles. The summed E-state index contributed by atoms with van der Waals surface area (Å²) in [6.45, 7) is 8.81. The van der Waals surface area contributed by atoms with Gasteiger partial charge in [0, 0.05) is 23.6 Å². The van der Waals surface area contributed by atoms with Crippen LogP contribution in [0.3, 0.4) is 0 Å². The number of hydrogen-bond donors (Lipinski definition) is 2. The number of rotatable bonds is 18. The fraction of sp³-hybridized carbons (Fsp3) is 0.632. The highest BCUT2D eigenvalue weighted by atomic mass is 127. The summed E-state index contributed by atoms with van der Waals surface area (Å²) in [5.41, 5.74) is 6.27. The van der Waals surface area contributed by atoms with Gasteiger partial charge in [0.2, 0.25) is 0 Å².